The number of nitro groups is 1. The first-order valence-corrected chi connectivity index (χ1v) is 7.23. The second-order valence-electron chi connectivity index (χ2n) is 4.56. The summed E-state index contributed by atoms with van der Waals surface area (Å²) in [6.07, 6.45) is 0. The van der Waals surface area contributed by atoms with Crippen LogP contribution in [0, 0.1) is 25.0 Å². The van der Waals surface area contributed by atoms with Crippen molar-refractivity contribution < 1.29 is 4.92 Å². The second kappa shape index (κ2) is 6.54. The molecule has 0 aliphatic heterocycles. The van der Waals surface area contributed by atoms with E-state index in [4.69, 9.17) is 5.26 Å². The molecule has 0 bridgehead atoms. The van der Waals surface area contributed by atoms with Gasteiger partial charge in [-0.3, -0.25) is 10.1 Å². The Kier molecular flexibility index (Phi) is 4.75. The number of nitro benzene ring substituents is 1. The predicted molar refractivity (Wildman–Crippen MR) is 89.1 cm³/mol. The summed E-state index contributed by atoms with van der Waals surface area (Å²) in [4.78, 5) is 12.4. The lowest BCUT2D eigenvalue weighted by Gasteiger charge is -2.20. The molecule has 0 aromatic heterocycles. The number of anilines is 1. The van der Waals surface area contributed by atoms with E-state index in [1.54, 1.807) is 18.2 Å². The lowest BCUT2D eigenvalue weighted by molar-refractivity contribution is -0.384. The van der Waals surface area contributed by atoms with Crippen molar-refractivity contribution in [3.8, 4) is 6.07 Å². The molecule has 0 aliphatic carbocycles. The lowest BCUT2D eigenvalue weighted by atomic mass is 10.1. The quantitative estimate of drug-likeness (QED) is 0.451. The molecule has 0 N–H and O–H groups in total. The number of hydrogen-bond acceptors (Lipinski definition) is 4. The molecule has 0 radical (unpaired) electrons. The Morgan fingerprint density at radius 1 is 1.33 bits per heavy atom. The summed E-state index contributed by atoms with van der Waals surface area (Å²) in [6.45, 7) is 0.628. The van der Waals surface area contributed by atoms with Crippen molar-refractivity contribution in [3.63, 3.8) is 0 Å². The van der Waals surface area contributed by atoms with Gasteiger partial charge >= 0.3 is 0 Å². The van der Waals surface area contributed by atoms with Gasteiger partial charge in [-0.1, -0.05) is 12.1 Å². The molecule has 2 rings (SSSR count). The molecule has 5 nitrogen and oxygen atoms in total. The van der Waals surface area contributed by atoms with Crippen molar-refractivity contribution in [2.45, 2.75) is 6.54 Å². The van der Waals surface area contributed by atoms with Gasteiger partial charge in [-0.2, -0.15) is 5.26 Å². The van der Waals surface area contributed by atoms with Crippen molar-refractivity contribution in [1.82, 2.24) is 0 Å². The van der Waals surface area contributed by atoms with Crippen LogP contribution in [0.25, 0.3) is 0 Å². The third-order valence-corrected chi connectivity index (χ3v) is 3.89. The number of hydrogen-bond donors (Lipinski definition) is 0. The van der Waals surface area contributed by atoms with E-state index in [9.17, 15) is 10.1 Å². The Morgan fingerprint density at radius 3 is 2.71 bits per heavy atom. The van der Waals surface area contributed by atoms with Gasteiger partial charge < -0.3 is 4.90 Å². The molecular formula is C15H12IN3O2. The van der Waals surface area contributed by atoms with Gasteiger partial charge in [0.05, 0.1) is 22.2 Å². The van der Waals surface area contributed by atoms with E-state index in [0.717, 1.165) is 14.8 Å². The van der Waals surface area contributed by atoms with Crippen LogP contribution >= 0.6 is 22.6 Å². The van der Waals surface area contributed by atoms with Gasteiger partial charge in [0.2, 0.25) is 0 Å². The number of nitriles is 1. The van der Waals surface area contributed by atoms with Crippen molar-refractivity contribution in [2.24, 2.45) is 0 Å². The van der Waals surface area contributed by atoms with Gasteiger partial charge in [0, 0.05) is 29.3 Å². The number of benzene rings is 2. The van der Waals surface area contributed by atoms with Crippen LogP contribution in [0.4, 0.5) is 11.4 Å². The number of rotatable bonds is 4. The van der Waals surface area contributed by atoms with Crippen LogP contribution in [0.3, 0.4) is 0 Å². The second-order valence-corrected chi connectivity index (χ2v) is 5.72. The van der Waals surface area contributed by atoms with Crippen LogP contribution in [0.5, 0.6) is 0 Å². The minimum atomic E-state index is -0.400. The minimum Gasteiger partial charge on any atom is -0.369 e. The predicted octanol–water partition coefficient (Wildman–Crippen LogP) is 3.71. The van der Waals surface area contributed by atoms with Gasteiger partial charge in [0.25, 0.3) is 5.69 Å². The molecule has 2 aromatic rings. The monoisotopic (exact) mass is 393 g/mol. The van der Waals surface area contributed by atoms with Crippen LogP contribution in [-0.2, 0) is 6.54 Å². The number of non-ortho nitro benzene ring substituents is 1. The normalized spacial score (nSPS) is 9.95. The summed E-state index contributed by atoms with van der Waals surface area (Å²) in [5.74, 6) is 0. The SMILES string of the molecule is CN(Cc1cccc(C#N)c1)c1ccc([N+](=O)[O-])cc1I. The van der Waals surface area contributed by atoms with Gasteiger partial charge in [-0.15, -0.1) is 0 Å². The van der Waals surface area contributed by atoms with Crippen molar-refractivity contribution in [2.75, 3.05) is 11.9 Å². The van der Waals surface area contributed by atoms with Crippen LogP contribution < -0.4 is 4.90 Å². The van der Waals surface area contributed by atoms with Crippen LogP contribution in [0.2, 0.25) is 0 Å². The third-order valence-electron chi connectivity index (χ3n) is 3.03. The molecular weight excluding hydrogens is 381 g/mol. The largest absolute Gasteiger partial charge is 0.369 e. The first-order chi connectivity index (χ1) is 10.0. The van der Waals surface area contributed by atoms with Crippen LogP contribution in [0.15, 0.2) is 42.5 Å². The Balaban J connectivity index is 2.22. The Labute approximate surface area is 136 Å². The van der Waals surface area contributed by atoms with Gasteiger partial charge in [0.1, 0.15) is 0 Å². The van der Waals surface area contributed by atoms with E-state index in [2.05, 4.69) is 28.7 Å². The zero-order valence-corrected chi connectivity index (χ0v) is 13.4. The van der Waals surface area contributed by atoms with E-state index in [0.29, 0.717) is 12.1 Å². The molecule has 0 fully saturated rings. The van der Waals surface area contributed by atoms with E-state index in [-0.39, 0.29) is 5.69 Å². The summed E-state index contributed by atoms with van der Waals surface area (Å²) in [5.41, 5.74) is 2.65. The molecule has 0 saturated carbocycles. The molecule has 2 aromatic carbocycles. The minimum absolute atomic E-state index is 0.0861. The van der Waals surface area contributed by atoms with Crippen molar-refractivity contribution in [3.05, 3.63) is 67.3 Å². The average Bonchev–Trinajstić information content (AvgIpc) is 2.47. The Morgan fingerprint density at radius 2 is 2.10 bits per heavy atom. The Bertz CT molecular complexity index is 725. The highest BCUT2D eigenvalue weighted by Gasteiger charge is 2.12. The zero-order valence-electron chi connectivity index (χ0n) is 11.3. The van der Waals surface area contributed by atoms with Crippen molar-refractivity contribution >= 4 is 34.0 Å². The zero-order chi connectivity index (χ0) is 15.4. The van der Waals surface area contributed by atoms with Gasteiger partial charge in [0.15, 0.2) is 0 Å². The summed E-state index contributed by atoms with van der Waals surface area (Å²) in [7, 11) is 1.92. The van der Waals surface area contributed by atoms with E-state index in [1.807, 2.05) is 30.1 Å². The molecule has 0 atom stereocenters. The standard InChI is InChI=1S/C15H12IN3O2/c1-18(10-12-4-2-3-11(7-12)9-17)15-6-5-13(19(20)21)8-14(15)16/h2-8H,10H2,1H3. The topological polar surface area (TPSA) is 70.2 Å². The fraction of sp³-hybridized carbons (Fsp3) is 0.133. The molecule has 0 amide bonds. The highest BCUT2D eigenvalue weighted by molar-refractivity contribution is 14.1. The first-order valence-electron chi connectivity index (χ1n) is 6.15. The van der Waals surface area contributed by atoms with Crippen molar-refractivity contribution in [1.29, 1.82) is 5.26 Å². The molecule has 21 heavy (non-hydrogen) atoms. The maximum absolute atomic E-state index is 10.8. The average molecular weight is 393 g/mol. The Hall–Kier alpha value is -2.14. The smallest absolute Gasteiger partial charge is 0.270 e. The summed E-state index contributed by atoms with van der Waals surface area (Å²) < 4.78 is 0.820. The van der Waals surface area contributed by atoms with E-state index >= 15 is 0 Å². The molecule has 106 valence electrons. The maximum Gasteiger partial charge on any atom is 0.270 e. The highest BCUT2D eigenvalue weighted by Crippen LogP contribution is 2.27. The summed E-state index contributed by atoms with van der Waals surface area (Å²) in [5, 5.41) is 19.7. The van der Waals surface area contributed by atoms with Crippen LogP contribution in [0.1, 0.15) is 11.1 Å². The summed E-state index contributed by atoms with van der Waals surface area (Å²) >= 11 is 2.09. The van der Waals surface area contributed by atoms with E-state index in [1.165, 1.54) is 6.07 Å². The molecule has 6 heteroatoms. The fourth-order valence-electron chi connectivity index (χ4n) is 2.02. The molecule has 0 spiro atoms. The fourth-order valence-corrected chi connectivity index (χ4v) is 2.93. The van der Waals surface area contributed by atoms with Gasteiger partial charge in [-0.25, -0.2) is 0 Å². The lowest BCUT2D eigenvalue weighted by Crippen LogP contribution is -2.17. The van der Waals surface area contributed by atoms with Gasteiger partial charge in [-0.05, 0) is 46.4 Å². The number of halogens is 1. The van der Waals surface area contributed by atoms with E-state index < -0.39 is 4.92 Å². The van der Waals surface area contributed by atoms with Crippen LogP contribution in [-0.4, -0.2) is 12.0 Å². The first kappa shape index (κ1) is 15.3. The maximum atomic E-state index is 10.8. The summed E-state index contributed by atoms with van der Waals surface area (Å²) in [6, 6.07) is 14.3. The molecule has 0 saturated heterocycles. The third kappa shape index (κ3) is 3.70. The molecule has 0 aliphatic rings. The highest BCUT2D eigenvalue weighted by atomic mass is 127. The number of nitrogens with zero attached hydrogens (tertiary/aromatic N) is 3. The molecule has 0 unspecified atom stereocenters. The molecule has 0 heterocycles.